The molecule has 3 aromatic rings. The summed E-state index contributed by atoms with van der Waals surface area (Å²) in [5.74, 6) is -1.83. The predicted molar refractivity (Wildman–Crippen MR) is 124 cm³/mol. The molecular formula is C22H12Cl2N2O5S. The van der Waals surface area contributed by atoms with Crippen LogP contribution in [0.25, 0.3) is 17.4 Å². The van der Waals surface area contributed by atoms with Gasteiger partial charge in [-0.3, -0.25) is 19.8 Å². The average molecular weight is 487 g/mol. The molecule has 160 valence electrons. The van der Waals surface area contributed by atoms with E-state index < -0.39 is 17.8 Å². The molecular weight excluding hydrogens is 475 g/mol. The van der Waals surface area contributed by atoms with Crippen LogP contribution >= 0.6 is 35.4 Å². The maximum atomic E-state index is 13.0. The maximum absolute atomic E-state index is 13.0. The summed E-state index contributed by atoms with van der Waals surface area (Å²) in [6.45, 7) is 0. The van der Waals surface area contributed by atoms with Gasteiger partial charge in [0, 0.05) is 10.6 Å². The number of benzene rings is 2. The first-order valence-corrected chi connectivity index (χ1v) is 10.2. The zero-order chi connectivity index (χ0) is 23.0. The molecule has 1 aliphatic rings. The monoisotopic (exact) mass is 486 g/mol. The molecule has 32 heavy (non-hydrogen) atoms. The molecule has 10 heteroatoms. The number of amides is 2. The van der Waals surface area contributed by atoms with Gasteiger partial charge >= 0.3 is 5.97 Å². The number of hydrogen-bond acceptors (Lipinski definition) is 5. The van der Waals surface area contributed by atoms with Crippen molar-refractivity contribution in [3.63, 3.8) is 0 Å². The molecule has 0 aliphatic carbocycles. The smallest absolute Gasteiger partial charge is 0.337 e. The Hall–Kier alpha value is -3.46. The summed E-state index contributed by atoms with van der Waals surface area (Å²) in [5.41, 5.74) is 0.724. The molecule has 0 radical (unpaired) electrons. The van der Waals surface area contributed by atoms with Crippen LogP contribution < -0.4 is 10.2 Å². The summed E-state index contributed by atoms with van der Waals surface area (Å²) in [7, 11) is 0. The van der Waals surface area contributed by atoms with Gasteiger partial charge < -0.3 is 9.52 Å². The Morgan fingerprint density at radius 1 is 1.09 bits per heavy atom. The molecule has 1 aromatic heterocycles. The van der Waals surface area contributed by atoms with Gasteiger partial charge in [-0.05, 0) is 60.8 Å². The minimum Gasteiger partial charge on any atom is -0.478 e. The van der Waals surface area contributed by atoms with Crippen LogP contribution in [0, 0.1) is 0 Å². The van der Waals surface area contributed by atoms with Gasteiger partial charge in [0.25, 0.3) is 11.8 Å². The van der Waals surface area contributed by atoms with Crippen LogP contribution in [0.15, 0.2) is 64.6 Å². The van der Waals surface area contributed by atoms with Crippen molar-refractivity contribution in [1.82, 2.24) is 5.32 Å². The number of thiocarbonyl (C=S) groups is 1. The second kappa shape index (κ2) is 8.58. The number of carbonyl (C=O) groups excluding carboxylic acids is 2. The largest absolute Gasteiger partial charge is 0.478 e. The quantitative estimate of drug-likeness (QED) is 0.312. The van der Waals surface area contributed by atoms with Crippen LogP contribution in [-0.4, -0.2) is 28.0 Å². The van der Waals surface area contributed by atoms with E-state index in [1.165, 1.54) is 23.1 Å². The van der Waals surface area contributed by atoms with Crippen molar-refractivity contribution in [2.24, 2.45) is 0 Å². The number of carbonyl (C=O) groups is 3. The van der Waals surface area contributed by atoms with Gasteiger partial charge in [-0.1, -0.05) is 35.3 Å². The number of hydrogen-bond donors (Lipinski definition) is 2. The van der Waals surface area contributed by atoms with E-state index >= 15 is 0 Å². The molecule has 0 bridgehead atoms. The second-order valence-corrected chi connectivity index (χ2v) is 7.87. The van der Waals surface area contributed by atoms with Crippen molar-refractivity contribution >= 4 is 70.1 Å². The lowest BCUT2D eigenvalue weighted by Gasteiger charge is -2.28. The van der Waals surface area contributed by atoms with Crippen molar-refractivity contribution in [2.45, 2.75) is 0 Å². The molecule has 2 N–H and O–H groups in total. The molecule has 0 atom stereocenters. The number of carboxylic acid groups (broad SMARTS) is 1. The van der Waals surface area contributed by atoms with Gasteiger partial charge in [-0.25, -0.2) is 4.79 Å². The third-order valence-corrected chi connectivity index (χ3v) is 5.40. The molecule has 2 amide bonds. The van der Waals surface area contributed by atoms with E-state index in [0.717, 1.165) is 0 Å². The number of aromatic carboxylic acids is 1. The van der Waals surface area contributed by atoms with E-state index in [4.69, 9.17) is 44.9 Å². The lowest BCUT2D eigenvalue weighted by atomic mass is 10.1. The van der Waals surface area contributed by atoms with Gasteiger partial charge in [0.1, 0.15) is 17.1 Å². The molecule has 7 nitrogen and oxygen atoms in total. The highest BCUT2D eigenvalue weighted by atomic mass is 35.5. The summed E-state index contributed by atoms with van der Waals surface area (Å²) < 4.78 is 5.72. The fourth-order valence-corrected chi connectivity index (χ4v) is 3.80. The fraction of sp³-hybridized carbons (Fsp3) is 0. The number of anilines is 1. The molecule has 1 saturated heterocycles. The van der Waals surface area contributed by atoms with Gasteiger partial charge in [0.05, 0.1) is 16.3 Å². The Bertz CT molecular complexity index is 1330. The van der Waals surface area contributed by atoms with Gasteiger partial charge in [-0.2, -0.15) is 0 Å². The Morgan fingerprint density at radius 2 is 1.88 bits per heavy atom. The Morgan fingerprint density at radius 3 is 2.56 bits per heavy atom. The summed E-state index contributed by atoms with van der Waals surface area (Å²) in [4.78, 5) is 37.8. The highest BCUT2D eigenvalue weighted by Crippen LogP contribution is 2.29. The number of furan rings is 1. The van der Waals surface area contributed by atoms with E-state index in [-0.39, 0.29) is 27.0 Å². The zero-order valence-corrected chi connectivity index (χ0v) is 18.3. The van der Waals surface area contributed by atoms with E-state index in [1.54, 1.807) is 42.5 Å². The maximum Gasteiger partial charge on any atom is 0.337 e. The molecule has 0 spiro atoms. The molecule has 1 aliphatic heterocycles. The Kier molecular flexibility index (Phi) is 5.84. The van der Waals surface area contributed by atoms with Crippen molar-refractivity contribution in [3.8, 4) is 11.3 Å². The third kappa shape index (κ3) is 4.16. The van der Waals surface area contributed by atoms with E-state index in [9.17, 15) is 14.4 Å². The average Bonchev–Trinajstić information content (AvgIpc) is 3.19. The van der Waals surface area contributed by atoms with Crippen LogP contribution in [-0.2, 0) is 9.59 Å². The number of nitrogens with zero attached hydrogens (tertiary/aromatic N) is 1. The van der Waals surface area contributed by atoms with Crippen LogP contribution in [0.4, 0.5) is 5.69 Å². The van der Waals surface area contributed by atoms with Crippen molar-refractivity contribution in [1.29, 1.82) is 0 Å². The second-order valence-electron chi connectivity index (χ2n) is 6.64. The van der Waals surface area contributed by atoms with Crippen LogP contribution in [0.1, 0.15) is 16.1 Å². The first kappa shape index (κ1) is 21.8. The SMILES string of the molecule is O=C1NC(=S)N(c2cccc(Cl)c2)C(=O)C1=Cc1ccc(-c2ccc(C(=O)O)c(Cl)c2)o1. The summed E-state index contributed by atoms with van der Waals surface area (Å²) >= 11 is 17.2. The first-order valence-electron chi connectivity index (χ1n) is 9.04. The van der Waals surface area contributed by atoms with E-state index in [1.807, 2.05) is 0 Å². The van der Waals surface area contributed by atoms with Gasteiger partial charge in [0.2, 0.25) is 0 Å². The zero-order valence-electron chi connectivity index (χ0n) is 16.0. The van der Waals surface area contributed by atoms with Crippen LogP contribution in [0.2, 0.25) is 10.0 Å². The number of nitrogens with one attached hydrogen (secondary N) is 1. The predicted octanol–water partition coefficient (Wildman–Crippen LogP) is 4.78. The third-order valence-electron chi connectivity index (χ3n) is 4.57. The van der Waals surface area contributed by atoms with Crippen LogP contribution in [0.5, 0.6) is 0 Å². The molecule has 2 heterocycles. The summed E-state index contributed by atoms with van der Waals surface area (Å²) in [6, 6.07) is 14.0. The first-order chi connectivity index (χ1) is 15.2. The number of carboxylic acids is 1. The minimum atomic E-state index is -1.14. The fourth-order valence-electron chi connectivity index (χ4n) is 3.08. The lowest BCUT2D eigenvalue weighted by Crippen LogP contribution is -2.54. The molecule has 4 rings (SSSR count). The minimum absolute atomic E-state index is 0.0362. The molecule has 0 saturated carbocycles. The highest BCUT2D eigenvalue weighted by Gasteiger charge is 2.34. The Labute approximate surface area is 196 Å². The lowest BCUT2D eigenvalue weighted by molar-refractivity contribution is -0.122. The molecule has 2 aromatic carbocycles. The summed E-state index contributed by atoms with van der Waals surface area (Å²) in [6.07, 6.45) is 1.30. The van der Waals surface area contributed by atoms with Crippen molar-refractivity contribution in [2.75, 3.05) is 4.90 Å². The van der Waals surface area contributed by atoms with E-state index in [0.29, 0.717) is 22.0 Å². The number of rotatable bonds is 4. The molecule has 0 unspecified atom stereocenters. The molecule has 1 fully saturated rings. The topological polar surface area (TPSA) is 99.9 Å². The number of halogens is 2. The standard InChI is InChI=1S/C22H12Cl2N2O5S/c23-12-2-1-3-13(9-12)26-20(28)16(19(27)25-22(26)32)10-14-5-7-18(31-14)11-4-6-15(21(29)30)17(24)8-11/h1-10H,(H,29,30)(H,25,27,32). The van der Waals surface area contributed by atoms with Gasteiger partial charge in [0.15, 0.2) is 5.11 Å². The van der Waals surface area contributed by atoms with E-state index in [2.05, 4.69) is 5.32 Å². The Balaban J connectivity index is 1.66. The van der Waals surface area contributed by atoms with Crippen LogP contribution in [0.3, 0.4) is 0 Å². The van der Waals surface area contributed by atoms with Crippen molar-refractivity contribution in [3.05, 3.63) is 81.5 Å². The van der Waals surface area contributed by atoms with Gasteiger partial charge in [-0.15, -0.1) is 0 Å². The normalized spacial score (nSPS) is 15.2. The summed E-state index contributed by atoms with van der Waals surface area (Å²) in [5, 5.41) is 12.0. The highest BCUT2D eigenvalue weighted by molar-refractivity contribution is 7.80. The van der Waals surface area contributed by atoms with Crippen molar-refractivity contribution < 1.29 is 23.9 Å².